The Bertz CT molecular complexity index is 613. The lowest BCUT2D eigenvalue weighted by Crippen LogP contribution is -2.23. The quantitative estimate of drug-likeness (QED) is 0.698. The lowest BCUT2D eigenvalue weighted by atomic mass is 10.1. The largest absolute Gasteiger partial charge is 0.478 e. The maximum absolute atomic E-state index is 11.2. The fourth-order valence-corrected chi connectivity index (χ4v) is 2.47. The van der Waals surface area contributed by atoms with Gasteiger partial charge in [0.1, 0.15) is 11.4 Å². The maximum atomic E-state index is 11.2. The van der Waals surface area contributed by atoms with Gasteiger partial charge in [0, 0.05) is 12.2 Å². The van der Waals surface area contributed by atoms with Gasteiger partial charge >= 0.3 is 5.97 Å². The summed E-state index contributed by atoms with van der Waals surface area (Å²) in [5.41, 5.74) is 1.90. The van der Waals surface area contributed by atoms with E-state index in [0.717, 1.165) is 30.5 Å². The molecule has 0 unspecified atom stereocenters. The van der Waals surface area contributed by atoms with Crippen molar-refractivity contribution in [2.75, 3.05) is 17.6 Å². The summed E-state index contributed by atoms with van der Waals surface area (Å²) in [5, 5.41) is 16.7. The Kier molecular flexibility index (Phi) is 3.72. The van der Waals surface area contributed by atoms with Crippen LogP contribution in [0.15, 0.2) is 6.07 Å². The van der Waals surface area contributed by atoms with Crippen molar-refractivity contribution in [2.45, 2.75) is 19.3 Å². The van der Waals surface area contributed by atoms with Gasteiger partial charge in [0.25, 0.3) is 0 Å². The molecule has 0 radical (unpaired) electrons. The van der Waals surface area contributed by atoms with Crippen LogP contribution in [0.4, 0.5) is 5.82 Å². The first-order chi connectivity index (χ1) is 8.87. The van der Waals surface area contributed by atoms with Crippen molar-refractivity contribution < 1.29 is 18.3 Å². The third kappa shape index (κ3) is 3.42. The molecule has 104 valence electrons. The van der Waals surface area contributed by atoms with Crippen LogP contribution in [0, 0.1) is 0 Å². The van der Waals surface area contributed by atoms with Gasteiger partial charge in [-0.05, 0) is 30.9 Å². The van der Waals surface area contributed by atoms with Crippen LogP contribution in [-0.2, 0) is 22.9 Å². The molecular formula is C11H15N3O4S. The number of nitrogens with zero attached hydrogens (tertiary/aromatic N) is 1. The van der Waals surface area contributed by atoms with Gasteiger partial charge in [0.2, 0.25) is 10.0 Å². The SMILES string of the molecule is NS(=O)(=O)CCNc1nc2c(cc1C(=O)O)CCC2. The van der Waals surface area contributed by atoms with Gasteiger partial charge in [-0.1, -0.05) is 0 Å². The predicted molar refractivity (Wildman–Crippen MR) is 69.7 cm³/mol. The number of pyridine rings is 1. The Morgan fingerprint density at radius 3 is 2.84 bits per heavy atom. The Balaban J connectivity index is 2.21. The highest BCUT2D eigenvalue weighted by molar-refractivity contribution is 7.89. The molecule has 19 heavy (non-hydrogen) atoms. The molecule has 0 atom stereocenters. The molecule has 0 aromatic carbocycles. The smallest absolute Gasteiger partial charge is 0.339 e. The van der Waals surface area contributed by atoms with E-state index in [-0.39, 0.29) is 23.7 Å². The minimum Gasteiger partial charge on any atom is -0.478 e. The summed E-state index contributed by atoms with van der Waals surface area (Å²) in [7, 11) is -3.58. The molecule has 4 N–H and O–H groups in total. The number of primary sulfonamides is 1. The highest BCUT2D eigenvalue weighted by atomic mass is 32.2. The molecule has 0 saturated carbocycles. The Hall–Kier alpha value is -1.67. The number of aryl methyl sites for hydroxylation is 2. The third-order valence-electron chi connectivity index (χ3n) is 2.96. The summed E-state index contributed by atoms with van der Waals surface area (Å²) in [6, 6.07) is 1.61. The highest BCUT2D eigenvalue weighted by Gasteiger charge is 2.19. The number of aromatic nitrogens is 1. The number of nitrogens with one attached hydrogen (secondary N) is 1. The number of aromatic carboxylic acids is 1. The molecule has 0 spiro atoms. The van der Waals surface area contributed by atoms with Gasteiger partial charge in [0.05, 0.1) is 5.75 Å². The monoisotopic (exact) mass is 285 g/mol. The van der Waals surface area contributed by atoms with Crippen LogP contribution in [0.2, 0.25) is 0 Å². The molecule has 1 aliphatic rings. The predicted octanol–water partition coefficient (Wildman–Crippen LogP) is -0.0311. The van der Waals surface area contributed by atoms with E-state index in [9.17, 15) is 13.2 Å². The fourth-order valence-electron chi connectivity index (χ4n) is 2.08. The zero-order valence-corrected chi connectivity index (χ0v) is 11.0. The number of fused-ring (bicyclic) bond motifs is 1. The molecule has 8 heteroatoms. The molecule has 1 aromatic rings. The molecule has 1 aliphatic carbocycles. The van der Waals surface area contributed by atoms with Crippen molar-refractivity contribution in [3.8, 4) is 0 Å². The zero-order valence-electron chi connectivity index (χ0n) is 10.2. The third-order valence-corrected chi connectivity index (χ3v) is 3.73. The molecule has 2 rings (SSSR count). The second kappa shape index (κ2) is 5.14. The van der Waals surface area contributed by atoms with Gasteiger partial charge in [-0.2, -0.15) is 0 Å². The van der Waals surface area contributed by atoms with Crippen LogP contribution in [-0.4, -0.2) is 36.8 Å². The standard InChI is InChI=1S/C11H15N3O4S/c12-19(17,18)5-4-13-10-8(11(15)16)6-7-2-1-3-9(7)14-10/h6H,1-5H2,(H,13,14)(H,15,16)(H2,12,17,18). The lowest BCUT2D eigenvalue weighted by Gasteiger charge is -2.10. The zero-order chi connectivity index (χ0) is 14.0. The van der Waals surface area contributed by atoms with E-state index in [4.69, 9.17) is 10.2 Å². The van der Waals surface area contributed by atoms with Crippen molar-refractivity contribution in [3.05, 3.63) is 22.9 Å². The second-order valence-corrected chi connectivity index (χ2v) is 6.18. The van der Waals surface area contributed by atoms with E-state index in [1.54, 1.807) is 6.07 Å². The van der Waals surface area contributed by atoms with E-state index in [0.29, 0.717) is 0 Å². The van der Waals surface area contributed by atoms with Crippen LogP contribution in [0.25, 0.3) is 0 Å². The topological polar surface area (TPSA) is 122 Å². The van der Waals surface area contributed by atoms with Gasteiger partial charge < -0.3 is 10.4 Å². The summed E-state index contributed by atoms with van der Waals surface area (Å²) in [6.07, 6.45) is 2.61. The van der Waals surface area contributed by atoms with E-state index in [1.165, 1.54) is 0 Å². The van der Waals surface area contributed by atoms with Crippen LogP contribution >= 0.6 is 0 Å². The molecule has 0 amide bonds. The minimum absolute atomic E-state index is 0.0326. The van der Waals surface area contributed by atoms with E-state index in [2.05, 4.69) is 10.3 Å². The van der Waals surface area contributed by atoms with Gasteiger partial charge in [0.15, 0.2) is 0 Å². The van der Waals surface area contributed by atoms with Crippen LogP contribution in [0.3, 0.4) is 0 Å². The highest BCUT2D eigenvalue weighted by Crippen LogP contribution is 2.25. The first-order valence-corrected chi connectivity index (χ1v) is 7.59. The van der Waals surface area contributed by atoms with Crippen molar-refractivity contribution in [3.63, 3.8) is 0 Å². The minimum atomic E-state index is -3.58. The fraction of sp³-hybridized carbons (Fsp3) is 0.455. The summed E-state index contributed by atoms with van der Waals surface area (Å²) < 4.78 is 21.7. The first kappa shape index (κ1) is 13.8. The van der Waals surface area contributed by atoms with Gasteiger partial charge in [-0.15, -0.1) is 0 Å². The summed E-state index contributed by atoms with van der Waals surface area (Å²) >= 11 is 0. The molecule has 1 heterocycles. The van der Waals surface area contributed by atoms with Crippen LogP contribution < -0.4 is 10.5 Å². The average Bonchev–Trinajstić information content (AvgIpc) is 2.72. The summed E-state index contributed by atoms with van der Waals surface area (Å²) in [5.74, 6) is -1.15. The molecule has 0 fully saturated rings. The average molecular weight is 285 g/mol. The number of carbonyl (C=O) groups is 1. The molecule has 0 aliphatic heterocycles. The molecule has 7 nitrogen and oxygen atoms in total. The molecule has 0 bridgehead atoms. The van der Waals surface area contributed by atoms with Crippen LogP contribution in [0.1, 0.15) is 28.0 Å². The maximum Gasteiger partial charge on any atom is 0.339 e. The number of rotatable bonds is 5. The van der Waals surface area contributed by atoms with Crippen LogP contribution in [0.5, 0.6) is 0 Å². The molecule has 1 aromatic heterocycles. The number of nitrogens with two attached hydrogens (primary N) is 1. The number of hydrogen-bond donors (Lipinski definition) is 3. The van der Waals surface area contributed by atoms with E-state index in [1.807, 2.05) is 0 Å². The Morgan fingerprint density at radius 1 is 1.47 bits per heavy atom. The number of sulfonamides is 1. The second-order valence-electron chi connectivity index (χ2n) is 4.44. The van der Waals surface area contributed by atoms with E-state index < -0.39 is 16.0 Å². The molecule has 0 saturated heterocycles. The van der Waals surface area contributed by atoms with Crippen molar-refractivity contribution in [1.29, 1.82) is 0 Å². The van der Waals surface area contributed by atoms with Gasteiger partial charge in [-0.25, -0.2) is 23.3 Å². The van der Waals surface area contributed by atoms with E-state index >= 15 is 0 Å². The Morgan fingerprint density at radius 2 is 2.21 bits per heavy atom. The van der Waals surface area contributed by atoms with Gasteiger partial charge in [-0.3, -0.25) is 0 Å². The van der Waals surface area contributed by atoms with Crippen molar-refractivity contribution in [1.82, 2.24) is 4.98 Å². The number of anilines is 1. The number of hydrogen-bond acceptors (Lipinski definition) is 5. The summed E-state index contributed by atoms with van der Waals surface area (Å²) in [4.78, 5) is 15.4. The lowest BCUT2D eigenvalue weighted by molar-refractivity contribution is 0.0697. The Labute approximate surface area is 110 Å². The van der Waals surface area contributed by atoms with Crippen molar-refractivity contribution in [2.24, 2.45) is 5.14 Å². The summed E-state index contributed by atoms with van der Waals surface area (Å²) in [6.45, 7) is 0.0326. The van der Waals surface area contributed by atoms with Crippen molar-refractivity contribution >= 4 is 21.8 Å². The molecular weight excluding hydrogens is 270 g/mol. The number of carboxylic acids is 1. The normalized spacial score (nSPS) is 14.2. The number of carboxylic acid groups (broad SMARTS) is 1. The first-order valence-electron chi connectivity index (χ1n) is 5.87.